The van der Waals surface area contributed by atoms with E-state index in [1.165, 1.54) is 17.7 Å². The molecule has 0 bridgehead atoms. The Labute approximate surface area is 128 Å². The summed E-state index contributed by atoms with van der Waals surface area (Å²) in [5, 5.41) is 11.9. The highest BCUT2D eigenvalue weighted by Crippen LogP contribution is 2.37. The smallest absolute Gasteiger partial charge is 0.270 e. The van der Waals surface area contributed by atoms with Gasteiger partial charge in [-0.3, -0.25) is 10.1 Å². The first-order valence-electron chi connectivity index (χ1n) is 7.46. The number of hydrogen-bond acceptors (Lipinski definition) is 4. The number of piperidine rings is 1. The minimum Gasteiger partial charge on any atom is -0.301 e. The number of non-ortho nitro benzene ring substituents is 1. The van der Waals surface area contributed by atoms with E-state index < -0.39 is 0 Å². The molecule has 0 radical (unpaired) electrons. The van der Waals surface area contributed by atoms with Gasteiger partial charge in [0.2, 0.25) is 0 Å². The fourth-order valence-corrected chi connectivity index (χ4v) is 4.28. The molecule has 0 saturated carbocycles. The van der Waals surface area contributed by atoms with Crippen LogP contribution in [0.2, 0.25) is 0 Å². The van der Waals surface area contributed by atoms with Crippen LogP contribution < -0.4 is 0 Å². The lowest BCUT2D eigenvalue weighted by Crippen LogP contribution is -2.37. The summed E-state index contributed by atoms with van der Waals surface area (Å²) in [6, 6.07) is 7.95. The Hall–Kier alpha value is -1.46. The maximum Gasteiger partial charge on any atom is 0.270 e. The van der Waals surface area contributed by atoms with Crippen LogP contribution in [0, 0.1) is 10.1 Å². The molecule has 0 aliphatic carbocycles. The van der Waals surface area contributed by atoms with Crippen LogP contribution in [0.3, 0.4) is 0 Å². The SMILES string of the molecule is CC(C)N1CCC(c2cc3cc([N+](=O)[O-])ccc3s2)CC1. The molecule has 21 heavy (non-hydrogen) atoms. The zero-order chi connectivity index (χ0) is 15.0. The molecule has 0 amide bonds. The van der Waals surface area contributed by atoms with Crippen molar-refractivity contribution in [3.8, 4) is 0 Å². The molecule has 1 fully saturated rings. The van der Waals surface area contributed by atoms with Crippen molar-refractivity contribution in [3.05, 3.63) is 39.3 Å². The van der Waals surface area contributed by atoms with E-state index >= 15 is 0 Å². The van der Waals surface area contributed by atoms with E-state index in [1.54, 1.807) is 23.5 Å². The minimum atomic E-state index is -0.322. The number of fused-ring (bicyclic) bond motifs is 1. The summed E-state index contributed by atoms with van der Waals surface area (Å²) in [5.41, 5.74) is 0.182. The van der Waals surface area contributed by atoms with Crippen molar-refractivity contribution in [1.82, 2.24) is 4.90 Å². The largest absolute Gasteiger partial charge is 0.301 e. The topological polar surface area (TPSA) is 46.4 Å². The van der Waals surface area contributed by atoms with Gasteiger partial charge in [-0.15, -0.1) is 11.3 Å². The van der Waals surface area contributed by atoms with Gasteiger partial charge in [0.1, 0.15) is 0 Å². The lowest BCUT2D eigenvalue weighted by molar-refractivity contribution is -0.384. The molecule has 2 heterocycles. The van der Waals surface area contributed by atoms with Crippen LogP contribution in [0.5, 0.6) is 0 Å². The Balaban J connectivity index is 1.80. The number of nitro groups is 1. The Kier molecular flexibility index (Phi) is 3.95. The first-order valence-corrected chi connectivity index (χ1v) is 8.28. The monoisotopic (exact) mass is 304 g/mol. The van der Waals surface area contributed by atoms with Crippen LogP contribution >= 0.6 is 11.3 Å². The van der Waals surface area contributed by atoms with Gasteiger partial charge >= 0.3 is 0 Å². The second-order valence-corrected chi connectivity index (χ2v) is 7.15. The molecule has 1 aliphatic heterocycles. The number of benzene rings is 1. The number of nitrogens with zero attached hydrogens (tertiary/aromatic N) is 2. The first-order chi connectivity index (χ1) is 10.0. The zero-order valence-electron chi connectivity index (χ0n) is 12.4. The molecular weight excluding hydrogens is 284 g/mol. The van der Waals surface area contributed by atoms with Gasteiger partial charge in [-0.05, 0) is 63.2 Å². The molecular formula is C16H20N2O2S. The molecule has 1 aliphatic rings. The lowest BCUT2D eigenvalue weighted by atomic mass is 9.94. The van der Waals surface area contributed by atoms with Gasteiger partial charge in [-0.25, -0.2) is 0 Å². The fourth-order valence-electron chi connectivity index (χ4n) is 3.07. The summed E-state index contributed by atoms with van der Waals surface area (Å²) in [4.78, 5) is 14.4. The van der Waals surface area contributed by atoms with Crippen LogP contribution in [-0.2, 0) is 0 Å². The van der Waals surface area contributed by atoms with Gasteiger partial charge in [-0.2, -0.15) is 0 Å². The first kappa shape index (κ1) is 14.5. The van der Waals surface area contributed by atoms with Gasteiger partial charge < -0.3 is 4.90 Å². The maximum absolute atomic E-state index is 10.9. The number of likely N-dealkylation sites (tertiary alicyclic amines) is 1. The third-order valence-electron chi connectivity index (χ3n) is 4.39. The molecule has 112 valence electrons. The minimum absolute atomic E-state index is 0.182. The van der Waals surface area contributed by atoms with Crippen LogP contribution in [0.25, 0.3) is 10.1 Å². The zero-order valence-corrected chi connectivity index (χ0v) is 13.2. The second kappa shape index (κ2) is 5.73. The Morgan fingerprint density at radius 2 is 2.00 bits per heavy atom. The summed E-state index contributed by atoms with van der Waals surface area (Å²) in [7, 11) is 0. The van der Waals surface area contributed by atoms with Gasteiger partial charge in [0, 0.05) is 27.8 Å². The van der Waals surface area contributed by atoms with Crippen molar-refractivity contribution in [3.63, 3.8) is 0 Å². The molecule has 5 heteroatoms. The van der Waals surface area contributed by atoms with Crippen molar-refractivity contribution in [2.45, 2.75) is 38.6 Å². The molecule has 1 saturated heterocycles. The molecule has 2 aromatic rings. The number of hydrogen-bond donors (Lipinski definition) is 0. The normalized spacial score (nSPS) is 17.7. The van der Waals surface area contributed by atoms with E-state index in [2.05, 4.69) is 24.8 Å². The summed E-state index contributed by atoms with van der Waals surface area (Å²) in [6.07, 6.45) is 2.38. The Morgan fingerprint density at radius 1 is 1.29 bits per heavy atom. The number of nitro benzene ring substituents is 1. The standard InChI is InChI=1S/C16H20N2O2S/c1-11(2)17-7-5-12(6-8-17)16-10-13-9-14(18(19)20)3-4-15(13)21-16/h3-4,9-12H,5-8H2,1-2H3. The molecule has 0 atom stereocenters. The highest BCUT2D eigenvalue weighted by atomic mass is 32.1. The predicted octanol–water partition coefficient (Wildman–Crippen LogP) is 4.40. The maximum atomic E-state index is 10.9. The summed E-state index contributed by atoms with van der Waals surface area (Å²) in [5.74, 6) is 0.608. The number of rotatable bonds is 3. The van der Waals surface area contributed by atoms with Crippen molar-refractivity contribution in [2.75, 3.05) is 13.1 Å². The average Bonchev–Trinajstić information content (AvgIpc) is 2.90. The van der Waals surface area contributed by atoms with E-state index in [4.69, 9.17) is 0 Å². The van der Waals surface area contributed by atoms with Crippen molar-refractivity contribution >= 4 is 27.1 Å². The summed E-state index contributed by atoms with van der Waals surface area (Å²) < 4.78 is 1.15. The van der Waals surface area contributed by atoms with E-state index in [9.17, 15) is 10.1 Å². The highest BCUT2D eigenvalue weighted by molar-refractivity contribution is 7.19. The molecule has 0 unspecified atom stereocenters. The van der Waals surface area contributed by atoms with E-state index in [0.717, 1.165) is 23.2 Å². The third-order valence-corrected chi connectivity index (χ3v) is 5.67. The molecule has 1 aromatic heterocycles. The molecule has 4 nitrogen and oxygen atoms in total. The molecule has 1 aromatic carbocycles. The Bertz CT molecular complexity index is 657. The van der Waals surface area contributed by atoms with Crippen LogP contribution in [0.15, 0.2) is 24.3 Å². The number of thiophene rings is 1. The van der Waals surface area contributed by atoms with Crippen LogP contribution in [0.1, 0.15) is 37.5 Å². The lowest BCUT2D eigenvalue weighted by Gasteiger charge is -2.34. The predicted molar refractivity (Wildman–Crippen MR) is 87.2 cm³/mol. The average molecular weight is 304 g/mol. The summed E-state index contributed by atoms with van der Waals surface area (Å²) >= 11 is 1.79. The van der Waals surface area contributed by atoms with Crippen molar-refractivity contribution in [1.29, 1.82) is 0 Å². The van der Waals surface area contributed by atoms with Crippen LogP contribution in [0.4, 0.5) is 5.69 Å². The molecule has 0 spiro atoms. The van der Waals surface area contributed by atoms with E-state index in [1.807, 2.05) is 6.07 Å². The van der Waals surface area contributed by atoms with Gasteiger partial charge in [0.15, 0.2) is 0 Å². The molecule has 3 rings (SSSR count). The fraction of sp³-hybridized carbons (Fsp3) is 0.500. The quantitative estimate of drug-likeness (QED) is 0.624. The van der Waals surface area contributed by atoms with Crippen molar-refractivity contribution in [2.24, 2.45) is 0 Å². The van der Waals surface area contributed by atoms with E-state index in [0.29, 0.717) is 12.0 Å². The second-order valence-electron chi connectivity index (χ2n) is 6.03. The van der Waals surface area contributed by atoms with Gasteiger partial charge in [0.25, 0.3) is 5.69 Å². The Morgan fingerprint density at radius 3 is 2.62 bits per heavy atom. The van der Waals surface area contributed by atoms with Gasteiger partial charge in [-0.1, -0.05) is 0 Å². The summed E-state index contributed by atoms with van der Waals surface area (Å²) in [6.45, 7) is 6.80. The van der Waals surface area contributed by atoms with Crippen LogP contribution in [-0.4, -0.2) is 29.0 Å². The molecule has 0 N–H and O–H groups in total. The van der Waals surface area contributed by atoms with E-state index in [-0.39, 0.29) is 10.6 Å². The van der Waals surface area contributed by atoms with Crippen molar-refractivity contribution < 1.29 is 4.92 Å². The highest BCUT2D eigenvalue weighted by Gasteiger charge is 2.23. The third kappa shape index (κ3) is 2.94. The van der Waals surface area contributed by atoms with Gasteiger partial charge in [0.05, 0.1) is 4.92 Å².